The summed E-state index contributed by atoms with van der Waals surface area (Å²) in [6.07, 6.45) is 47.6. The van der Waals surface area contributed by atoms with Crippen LogP contribution in [-0.2, 0) is 37.5 Å². The predicted molar refractivity (Wildman–Crippen MR) is 236 cm³/mol. The molecule has 0 fully saturated rings. The number of unbranched alkanes of at least 4 members (excludes halogenated alkanes) is 5. The van der Waals surface area contributed by atoms with E-state index in [1.807, 2.05) is 36.5 Å². The van der Waals surface area contributed by atoms with E-state index in [1.165, 1.54) is 0 Å². The first-order valence-electron chi connectivity index (χ1n) is 21.0. The minimum atomic E-state index is -4.76. The number of aliphatic hydroxyl groups excluding tert-OH is 1. The van der Waals surface area contributed by atoms with Crippen LogP contribution >= 0.6 is 7.82 Å². The number of carbonyl (C=O) groups excluding carboxylic acids is 2. The van der Waals surface area contributed by atoms with Gasteiger partial charge in [-0.15, -0.1) is 0 Å². The number of esters is 2. The van der Waals surface area contributed by atoms with Gasteiger partial charge >= 0.3 is 25.7 Å². The Kier molecular flexibility index (Phi) is 36.9. The molecule has 0 aliphatic heterocycles. The Morgan fingerprint density at radius 1 is 0.610 bits per heavy atom. The number of nitrogens with two attached hydrogens (primary N) is 1. The maximum atomic E-state index is 12.6. The van der Waals surface area contributed by atoms with Crippen molar-refractivity contribution in [3.05, 3.63) is 109 Å². The lowest BCUT2D eigenvalue weighted by molar-refractivity contribution is -0.161. The molecule has 0 saturated carbocycles. The Hall–Kier alpha value is -3.90. The van der Waals surface area contributed by atoms with E-state index in [9.17, 15) is 28.9 Å². The SMILES string of the molecule is CC/C=C\C/C=C\C/C=C\C/C=C\CCCCCCC(=O)OC[C@H](COP(=O)(O)OC[C@H](N)C(=O)O)OC(=O)CCC/C=C\C/C=C\C=C\C(O)C/C=C\C/C=C\CC. The van der Waals surface area contributed by atoms with Gasteiger partial charge in [0.2, 0.25) is 0 Å². The molecule has 0 amide bonds. The largest absolute Gasteiger partial charge is 0.480 e. The van der Waals surface area contributed by atoms with Crippen molar-refractivity contribution in [1.82, 2.24) is 0 Å². The zero-order valence-electron chi connectivity index (χ0n) is 35.4. The van der Waals surface area contributed by atoms with E-state index in [2.05, 4.69) is 79.1 Å². The summed E-state index contributed by atoms with van der Waals surface area (Å²) in [5.41, 5.74) is 5.32. The normalized spacial score (nSPS) is 15.3. The highest BCUT2D eigenvalue weighted by atomic mass is 31.2. The molecule has 0 aliphatic carbocycles. The second-order valence-corrected chi connectivity index (χ2v) is 15.0. The first kappa shape index (κ1) is 55.1. The van der Waals surface area contributed by atoms with Crippen LogP contribution in [0.1, 0.15) is 123 Å². The molecule has 59 heavy (non-hydrogen) atoms. The fraction of sp³-hybridized carbons (Fsp3) is 0.543. The zero-order valence-corrected chi connectivity index (χ0v) is 36.3. The molecule has 0 spiro atoms. The Balaban J connectivity index is 4.61. The molecule has 2 unspecified atom stereocenters. The van der Waals surface area contributed by atoms with E-state index < -0.39 is 63.8 Å². The fourth-order valence-corrected chi connectivity index (χ4v) is 5.60. The molecule has 0 aromatic heterocycles. The molecule has 5 N–H and O–H groups in total. The first-order chi connectivity index (χ1) is 28.5. The topological polar surface area (TPSA) is 192 Å². The van der Waals surface area contributed by atoms with Crippen molar-refractivity contribution in [1.29, 1.82) is 0 Å². The molecule has 0 rings (SSSR count). The number of ether oxygens (including phenoxy) is 2. The van der Waals surface area contributed by atoms with Crippen LogP contribution in [0.3, 0.4) is 0 Å². The van der Waals surface area contributed by atoms with Gasteiger partial charge in [-0.1, -0.05) is 136 Å². The standard InChI is InChI=1S/C46H72NO11P/c1-3-5-7-9-11-12-13-14-15-16-17-18-19-20-24-28-32-36-44(49)55-38-42(39-56-59(53,54)57-40-43(47)46(51)52)58-45(50)37-33-29-25-22-21-23-27-31-35-41(48)34-30-26-10-8-6-4-2/h5-8,11-12,14-15,17-18,22-23,25-27,30-31,35,41-43,48H,3-4,9-10,13,16,19-21,24,28-29,32-34,36-40,47H2,1-2H3,(H,51,52)(H,53,54)/b7-5-,8-6-,12-11-,15-14-,18-17-,25-22-,27-23-,30-26-,35-31+/t41?,42-,43+/m1/s1. The van der Waals surface area contributed by atoms with Crippen molar-refractivity contribution < 1.29 is 52.6 Å². The van der Waals surface area contributed by atoms with Crippen LogP contribution in [0.4, 0.5) is 0 Å². The van der Waals surface area contributed by atoms with Crippen molar-refractivity contribution in [3.8, 4) is 0 Å². The Morgan fingerprint density at radius 2 is 1.12 bits per heavy atom. The van der Waals surface area contributed by atoms with Crippen molar-refractivity contribution in [2.75, 3.05) is 19.8 Å². The monoisotopic (exact) mass is 845 g/mol. The number of carbonyl (C=O) groups is 3. The number of carboxylic acid groups (broad SMARTS) is 1. The molecule has 12 nitrogen and oxygen atoms in total. The minimum absolute atomic E-state index is 0.0379. The van der Waals surface area contributed by atoms with Crippen LogP contribution in [0, 0.1) is 0 Å². The van der Waals surface area contributed by atoms with E-state index in [1.54, 1.807) is 12.2 Å². The van der Waals surface area contributed by atoms with Crippen LogP contribution < -0.4 is 5.73 Å². The molecule has 0 aromatic rings. The highest BCUT2D eigenvalue weighted by Crippen LogP contribution is 2.43. The van der Waals surface area contributed by atoms with Gasteiger partial charge in [-0.05, 0) is 83.5 Å². The Morgan fingerprint density at radius 3 is 1.73 bits per heavy atom. The zero-order chi connectivity index (χ0) is 43.7. The van der Waals surface area contributed by atoms with Crippen LogP contribution in [-0.4, -0.2) is 71.1 Å². The summed E-state index contributed by atoms with van der Waals surface area (Å²) in [4.78, 5) is 45.9. The van der Waals surface area contributed by atoms with Crippen molar-refractivity contribution in [2.24, 2.45) is 5.73 Å². The smallest absolute Gasteiger partial charge is 0.472 e. The van der Waals surface area contributed by atoms with Crippen LogP contribution in [0.15, 0.2) is 109 Å². The number of aliphatic carboxylic acids is 1. The number of rotatable bonds is 37. The molecular formula is C46H72NO11P. The lowest BCUT2D eigenvalue weighted by Crippen LogP contribution is -2.34. The van der Waals surface area contributed by atoms with Crippen molar-refractivity contribution >= 4 is 25.7 Å². The Labute approximate surface area is 353 Å². The van der Waals surface area contributed by atoms with Crippen LogP contribution in [0.5, 0.6) is 0 Å². The number of phosphoric ester groups is 1. The second-order valence-electron chi connectivity index (χ2n) is 13.6. The maximum Gasteiger partial charge on any atom is 0.472 e. The number of aliphatic hydroxyl groups is 1. The van der Waals surface area contributed by atoms with E-state index >= 15 is 0 Å². The summed E-state index contributed by atoms with van der Waals surface area (Å²) < 4.78 is 32.5. The highest BCUT2D eigenvalue weighted by molar-refractivity contribution is 7.47. The molecule has 0 aromatic carbocycles. The van der Waals surface area contributed by atoms with Gasteiger partial charge in [0.1, 0.15) is 12.6 Å². The lowest BCUT2D eigenvalue weighted by Gasteiger charge is -2.20. The van der Waals surface area contributed by atoms with Crippen LogP contribution in [0.2, 0.25) is 0 Å². The molecule has 4 atom stereocenters. The van der Waals surface area contributed by atoms with E-state index in [0.29, 0.717) is 32.1 Å². The summed E-state index contributed by atoms with van der Waals surface area (Å²) in [6.45, 7) is 2.38. The number of allylic oxidation sites excluding steroid dienone is 16. The highest BCUT2D eigenvalue weighted by Gasteiger charge is 2.28. The van der Waals surface area contributed by atoms with Gasteiger partial charge in [-0.25, -0.2) is 4.57 Å². The number of hydrogen-bond donors (Lipinski definition) is 4. The average Bonchev–Trinajstić information content (AvgIpc) is 3.21. The summed E-state index contributed by atoms with van der Waals surface area (Å²) >= 11 is 0. The molecule has 0 heterocycles. The molecule has 13 heteroatoms. The van der Waals surface area contributed by atoms with E-state index in [0.717, 1.165) is 64.2 Å². The summed E-state index contributed by atoms with van der Waals surface area (Å²) in [5.74, 6) is -2.55. The third-order valence-electron chi connectivity index (χ3n) is 8.10. The number of carboxylic acids is 1. The molecule has 0 aliphatic rings. The van der Waals surface area contributed by atoms with Crippen molar-refractivity contribution in [3.63, 3.8) is 0 Å². The molecule has 0 radical (unpaired) electrons. The third kappa shape index (κ3) is 39.3. The van der Waals surface area contributed by atoms with Crippen LogP contribution in [0.25, 0.3) is 0 Å². The fourth-order valence-electron chi connectivity index (χ4n) is 4.82. The number of phosphoric acid groups is 1. The predicted octanol–water partition coefficient (Wildman–Crippen LogP) is 10.0. The summed E-state index contributed by atoms with van der Waals surface area (Å²) in [7, 11) is -4.76. The van der Waals surface area contributed by atoms with Crippen molar-refractivity contribution in [2.45, 2.75) is 141 Å². The Bertz CT molecular complexity index is 1430. The number of hydrogen-bond acceptors (Lipinski definition) is 10. The first-order valence-corrected chi connectivity index (χ1v) is 22.5. The molecule has 0 saturated heterocycles. The van der Waals surface area contributed by atoms with Gasteiger partial charge in [0, 0.05) is 12.8 Å². The summed E-state index contributed by atoms with van der Waals surface area (Å²) in [6, 6.07) is -1.55. The van der Waals surface area contributed by atoms with Gasteiger partial charge < -0.3 is 30.3 Å². The second kappa shape index (κ2) is 39.6. The van der Waals surface area contributed by atoms with Gasteiger partial charge in [0.25, 0.3) is 0 Å². The van der Waals surface area contributed by atoms with Gasteiger partial charge in [0.15, 0.2) is 6.10 Å². The van der Waals surface area contributed by atoms with E-state index in [-0.39, 0.29) is 12.8 Å². The minimum Gasteiger partial charge on any atom is -0.480 e. The lowest BCUT2D eigenvalue weighted by atomic mass is 10.1. The quantitative estimate of drug-likeness (QED) is 0.0152. The molecule has 0 bridgehead atoms. The molecular weight excluding hydrogens is 773 g/mol. The summed E-state index contributed by atoms with van der Waals surface area (Å²) in [5, 5.41) is 18.9. The van der Waals surface area contributed by atoms with Gasteiger partial charge in [-0.3, -0.25) is 23.4 Å². The average molecular weight is 846 g/mol. The van der Waals surface area contributed by atoms with Gasteiger partial charge in [0.05, 0.1) is 19.3 Å². The maximum absolute atomic E-state index is 12.6. The third-order valence-corrected chi connectivity index (χ3v) is 9.05. The molecule has 332 valence electrons. The van der Waals surface area contributed by atoms with Gasteiger partial charge in [-0.2, -0.15) is 0 Å². The van der Waals surface area contributed by atoms with E-state index in [4.69, 9.17) is 24.8 Å².